The molecule has 122 valence electrons. The van der Waals surface area contributed by atoms with Crippen LogP contribution in [-0.4, -0.2) is 56.1 Å². The number of aliphatic carboxylic acids is 1. The third kappa shape index (κ3) is 2.77. The van der Waals surface area contributed by atoms with Crippen molar-refractivity contribution in [2.75, 3.05) is 0 Å². The zero-order chi connectivity index (χ0) is 16.8. The molecular weight excluding hydrogens is 327 g/mol. The van der Waals surface area contributed by atoms with Gasteiger partial charge in [-0.2, -0.15) is 0 Å². The summed E-state index contributed by atoms with van der Waals surface area (Å²) in [5, 5.41) is 50.6. The number of benzene rings is 2. The van der Waals surface area contributed by atoms with Crippen molar-refractivity contribution >= 4 is 16.7 Å². The molecule has 1 saturated heterocycles. The van der Waals surface area contributed by atoms with E-state index in [9.17, 15) is 30.3 Å². The van der Waals surface area contributed by atoms with E-state index in [1.165, 1.54) is 6.07 Å². The number of aliphatic hydroxyl groups is 4. The summed E-state index contributed by atoms with van der Waals surface area (Å²) in [4.78, 5) is 11.9. The molecule has 0 spiro atoms. The van der Waals surface area contributed by atoms with Crippen LogP contribution < -0.4 is 29.6 Å². The van der Waals surface area contributed by atoms with E-state index in [0.29, 0.717) is 10.8 Å². The Morgan fingerprint density at radius 1 is 0.958 bits per heavy atom. The molecule has 1 aliphatic heterocycles. The SMILES string of the molecule is O=C(O)[C@@]1(c2cccc3ccccc23)OC(O)C(O)C(O)C1O.[Na+]. The second kappa shape index (κ2) is 7.07. The molecule has 0 amide bonds. The van der Waals surface area contributed by atoms with Gasteiger partial charge in [-0.1, -0.05) is 42.5 Å². The van der Waals surface area contributed by atoms with E-state index in [0.717, 1.165) is 0 Å². The van der Waals surface area contributed by atoms with E-state index in [4.69, 9.17) is 4.74 Å². The third-order valence-electron chi connectivity index (χ3n) is 4.20. The van der Waals surface area contributed by atoms with Gasteiger partial charge in [0.05, 0.1) is 0 Å². The molecule has 4 unspecified atom stereocenters. The fraction of sp³-hybridized carbons (Fsp3) is 0.312. The zero-order valence-electron chi connectivity index (χ0n) is 12.9. The van der Waals surface area contributed by atoms with Crippen LogP contribution in [0.5, 0.6) is 0 Å². The number of hydrogen-bond donors (Lipinski definition) is 5. The summed E-state index contributed by atoms with van der Waals surface area (Å²) < 4.78 is 5.12. The van der Waals surface area contributed by atoms with Gasteiger partial charge in [0.15, 0.2) is 6.29 Å². The van der Waals surface area contributed by atoms with Crippen molar-refractivity contribution in [2.45, 2.75) is 30.2 Å². The smallest absolute Gasteiger partial charge is 0.479 e. The van der Waals surface area contributed by atoms with Gasteiger partial charge >= 0.3 is 35.5 Å². The first-order chi connectivity index (χ1) is 10.9. The van der Waals surface area contributed by atoms with Crippen LogP contribution in [0.1, 0.15) is 5.56 Å². The molecule has 0 aromatic heterocycles. The van der Waals surface area contributed by atoms with Crippen molar-refractivity contribution in [1.82, 2.24) is 0 Å². The Morgan fingerprint density at radius 2 is 1.58 bits per heavy atom. The van der Waals surface area contributed by atoms with Gasteiger partial charge in [0.1, 0.15) is 18.3 Å². The Kier molecular flexibility index (Phi) is 5.68. The average molecular weight is 343 g/mol. The number of rotatable bonds is 2. The number of hydrogen-bond acceptors (Lipinski definition) is 6. The van der Waals surface area contributed by atoms with Gasteiger partial charge in [-0.05, 0) is 10.8 Å². The number of fused-ring (bicyclic) bond motifs is 1. The summed E-state index contributed by atoms with van der Waals surface area (Å²) >= 11 is 0. The third-order valence-corrected chi connectivity index (χ3v) is 4.20. The Hall–Kier alpha value is -1.03. The van der Waals surface area contributed by atoms with Crippen LogP contribution in [0.25, 0.3) is 10.8 Å². The van der Waals surface area contributed by atoms with Gasteiger partial charge in [-0.3, -0.25) is 0 Å². The van der Waals surface area contributed by atoms with Crippen LogP contribution >= 0.6 is 0 Å². The monoisotopic (exact) mass is 343 g/mol. The molecule has 1 heterocycles. The molecule has 3 rings (SSSR count). The first-order valence-electron chi connectivity index (χ1n) is 7.01. The molecule has 5 N–H and O–H groups in total. The second-order valence-corrected chi connectivity index (χ2v) is 5.50. The van der Waals surface area contributed by atoms with Crippen molar-refractivity contribution in [3.8, 4) is 0 Å². The number of ether oxygens (including phenoxy) is 1. The summed E-state index contributed by atoms with van der Waals surface area (Å²) in [6.45, 7) is 0. The van der Waals surface area contributed by atoms with E-state index < -0.39 is 36.2 Å². The number of carbonyl (C=O) groups is 1. The molecule has 0 aliphatic carbocycles. The quantitative estimate of drug-likeness (QED) is 0.359. The van der Waals surface area contributed by atoms with Crippen LogP contribution in [0, 0.1) is 0 Å². The predicted octanol–water partition coefficient (Wildman–Crippen LogP) is -3.44. The molecule has 0 saturated carbocycles. The van der Waals surface area contributed by atoms with Crippen LogP contribution in [0.3, 0.4) is 0 Å². The minimum atomic E-state index is -2.40. The van der Waals surface area contributed by atoms with E-state index in [1.807, 2.05) is 0 Å². The molecular formula is C16H16NaO7+. The molecule has 1 fully saturated rings. The van der Waals surface area contributed by atoms with Crippen LogP contribution in [0.2, 0.25) is 0 Å². The van der Waals surface area contributed by atoms with Crippen molar-refractivity contribution < 1.29 is 64.6 Å². The summed E-state index contributed by atoms with van der Waals surface area (Å²) in [6, 6.07) is 11.6. The van der Waals surface area contributed by atoms with E-state index in [-0.39, 0.29) is 35.1 Å². The summed E-state index contributed by atoms with van der Waals surface area (Å²) in [5.74, 6) is -1.58. The van der Waals surface area contributed by atoms with Gasteiger partial charge in [-0.25, -0.2) is 4.79 Å². The van der Waals surface area contributed by atoms with E-state index in [2.05, 4.69) is 0 Å². The summed E-state index contributed by atoms with van der Waals surface area (Å²) in [5.41, 5.74) is -2.32. The van der Waals surface area contributed by atoms with E-state index >= 15 is 0 Å². The van der Waals surface area contributed by atoms with Gasteiger partial charge in [-0.15, -0.1) is 0 Å². The Bertz CT molecular complexity index is 747. The Labute approximate surface area is 159 Å². The first-order valence-corrected chi connectivity index (χ1v) is 7.01. The first kappa shape index (κ1) is 19.3. The molecule has 0 bridgehead atoms. The van der Waals surface area contributed by atoms with Crippen LogP contribution in [0.15, 0.2) is 42.5 Å². The van der Waals surface area contributed by atoms with Gasteiger partial charge < -0.3 is 30.3 Å². The van der Waals surface area contributed by atoms with Crippen LogP contribution in [-0.2, 0) is 15.1 Å². The maximum absolute atomic E-state index is 11.9. The van der Waals surface area contributed by atoms with Crippen molar-refractivity contribution in [3.63, 3.8) is 0 Å². The molecule has 2 aromatic rings. The standard InChI is InChI=1S/C16H16O7.Na/c17-11-12(18)14(20)23-16(13(11)19,15(21)22)10-7-3-5-8-4-1-2-6-9(8)10;/h1-7,11-14,17-20H,(H,21,22);/q;+1/t11?,12?,13?,14?,16-;/m0./s1. The van der Waals surface area contributed by atoms with Gasteiger partial charge in [0.25, 0.3) is 0 Å². The Balaban J connectivity index is 0.00000208. The number of aliphatic hydroxyl groups excluding tert-OH is 4. The molecule has 1 aliphatic rings. The maximum Gasteiger partial charge on any atom is 1.00 e. The van der Waals surface area contributed by atoms with Gasteiger partial charge in [0.2, 0.25) is 5.60 Å². The Morgan fingerprint density at radius 3 is 2.25 bits per heavy atom. The van der Waals surface area contributed by atoms with Crippen molar-refractivity contribution in [3.05, 3.63) is 48.0 Å². The molecule has 2 aromatic carbocycles. The van der Waals surface area contributed by atoms with Crippen LogP contribution in [0.4, 0.5) is 0 Å². The zero-order valence-corrected chi connectivity index (χ0v) is 14.9. The fourth-order valence-corrected chi connectivity index (χ4v) is 2.99. The number of carboxylic acids is 1. The second-order valence-electron chi connectivity index (χ2n) is 5.50. The molecule has 8 heteroatoms. The predicted molar refractivity (Wildman–Crippen MR) is 78.4 cm³/mol. The van der Waals surface area contributed by atoms with Crippen molar-refractivity contribution in [1.29, 1.82) is 0 Å². The maximum atomic E-state index is 11.9. The minimum Gasteiger partial charge on any atom is -0.479 e. The normalized spacial score (nSPS) is 33.0. The summed E-state index contributed by atoms with van der Waals surface area (Å²) in [6.07, 6.45) is -7.62. The largest absolute Gasteiger partial charge is 1.00 e. The fourth-order valence-electron chi connectivity index (χ4n) is 2.99. The number of carboxylic acid groups (broad SMARTS) is 1. The van der Waals surface area contributed by atoms with Crippen molar-refractivity contribution in [2.24, 2.45) is 0 Å². The molecule has 5 atom stereocenters. The molecule has 24 heavy (non-hydrogen) atoms. The van der Waals surface area contributed by atoms with Gasteiger partial charge in [0, 0.05) is 5.56 Å². The molecule has 7 nitrogen and oxygen atoms in total. The molecule has 0 radical (unpaired) electrons. The topological polar surface area (TPSA) is 127 Å². The summed E-state index contributed by atoms with van der Waals surface area (Å²) in [7, 11) is 0. The average Bonchev–Trinajstić information content (AvgIpc) is 2.55. The minimum absolute atomic E-state index is 0. The van der Waals surface area contributed by atoms with E-state index in [1.54, 1.807) is 36.4 Å².